The standard InChI is InChI=1S/C18H28N2O/c1-14(20-9-5-3-4-6-10-20)11-16-7-8-18-17(12-16)19-13-15(2)21-18/h7-8,12,14-15,19H,3-6,9-11,13H2,1-2H3. The number of likely N-dealkylation sites (tertiary alicyclic amines) is 1. The molecule has 1 saturated heterocycles. The highest BCUT2D eigenvalue weighted by molar-refractivity contribution is 5.59. The second kappa shape index (κ2) is 6.69. The van der Waals surface area contributed by atoms with Crippen LogP contribution in [0.4, 0.5) is 5.69 Å². The predicted octanol–water partition coefficient (Wildman–Crippen LogP) is 3.69. The largest absolute Gasteiger partial charge is 0.487 e. The summed E-state index contributed by atoms with van der Waals surface area (Å²) in [7, 11) is 0. The molecule has 1 aromatic rings. The second-order valence-corrected chi connectivity index (χ2v) is 6.64. The van der Waals surface area contributed by atoms with E-state index >= 15 is 0 Å². The highest BCUT2D eigenvalue weighted by Gasteiger charge is 2.18. The first-order valence-electron chi connectivity index (χ1n) is 8.50. The fraction of sp³-hybridized carbons (Fsp3) is 0.667. The monoisotopic (exact) mass is 288 g/mol. The summed E-state index contributed by atoms with van der Waals surface area (Å²) in [6, 6.07) is 7.26. The Hall–Kier alpha value is -1.22. The SMILES string of the molecule is CC1CNc2cc(CC(C)N3CCCCCC3)ccc2O1. The van der Waals surface area contributed by atoms with Crippen LogP contribution in [-0.4, -0.2) is 36.7 Å². The number of fused-ring (bicyclic) bond motifs is 1. The molecule has 1 aromatic carbocycles. The first-order chi connectivity index (χ1) is 10.2. The van der Waals surface area contributed by atoms with Crippen molar-refractivity contribution in [3.63, 3.8) is 0 Å². The molecule has 0 aromatic heterocycles. The van der Waals surface area contributed by atoms with Crippen LogP contribution in [-0.2, 0) is 6.42 Å². The Morgan fingerprint density at radius 3 is 2.76 bits per heavy atom. The number of anilines is 1. The number of benzene rings is 1. The van der Waals surface area contributed by atoms with Gasteiger partial charge in [-0.25, -0.2) is 0 Å². The molecule has 2 aliphatic rings. The molecule has 3 nitrogen and oxygen atoms in total. The third kappa shape index (κ3) is 3.70. The van der Waals surface area contributed by atoms with E-state index < -0.39 is 0 Å². The molecule has 2 heterocycles. The van der Waals surface area contributed by atoms with Gasteiger partial charge in [0.1, 0.15) is 11.9 Å². The molecule has 0 spiro atoms. The Balaban J connectivity index is 1.64. The van der Waals surface area contributed by atoms with Crippen molar-refractivity contribution in [3.8, 4) is 5.75 Å². The molecule has 2 aliphatic heterocycles. The molecular weight excluding hydrogens is 260 g/mol. The summed E-state index contributed by atoms with van der Waals surface area (Å²) in [5.41, 5.74) is 2.57. The molecule has 1 fully saturated rings. The van der Waals surface area contributed by atoms with E-state index in [4.69, 9.17) is 4.74 Å². The normalized spacial score (nSPS) is 24.4. The van der Waals surface area contributed by atoms with Gasteiger partial charge in [-0.15, -0.1) is 0 Å². The van der Waals surface area contributed by atoms with Crippen molar-refractivity contribution < 1.29 is 4.74 Å². The Morgan fingerprint density at radius 1 is 1.24 bits per heavy atom. The van der Waals surface area contributed by atoms with Gasteiger partial charge < -0.3 is 15.0 Å². The second-order valence-electron chi connectivity index (χ2n) is 6.64. The van der Waals surface area contributed by atoms with E-state index in [1.165, 1.54) is 44.3 Å². The van der Waals surface area contributed by atoms with Gasteiger partial charge in [0, 0.05) is 6.04 Å². The van der Waals surface area contributed by atoms with E-state index in [1.807, 2.05) is 0 Å². The quantitative estimate of drug-likeness (QED) is 0.918. The van der Waals surface area contributed by atoms with Gasteiger partial charge in [0.25, 0.3) is 0 Å². The maximum Gasteiger partial charge on any atom is 0.142 e. The van der Waals surface area contributed by atoms with Gasteiger partial charge in [-0.2, -0.15) is 0 Å². The van der Waals surface area contributed by atoms with Crippen LogP contribution in [0.15, 0.2) is 18.2 Å². The summed E-state index contributed by atoms with van der Waals surface area (Å²) in [6.07, 6.45) is 6.93. The lowest BCUT2D eigenvalue weighted by Gasteiger charge is -2.29. The zero-order valence-electron chi connectivity index (χ0n) is 13.4. The molecule has 21 heavy (non-hydrogen) atoms. The van der Waals surface area contributed by atoms with Crippen LogP contribution >= 0.6 is 0 Å². The van der Waals surface area contributed by atoms with Crippen molar-refractivity contribution in [2.45, 2.75) is 58.1 Å². The van der Waals surface area contributed by atoms with E-state index in [2.05, 4.69) is 42.3 Å². The Labute approximate surface area is 128 Å². The molecule has 116 valence electrons. The van der Waals surface area contributed by atoms with Gasteiger partial charge in [0.2, 0.25) is 0 Å². The van der Waals surface area contributed by atoms with Gasteiger partial charge >= 0.3 is 0 Å². The first-order valence-corrected chi connectivity index (χ1v) is 8.50. The lowest BCUT2D eigenvalue weighted by molar-refractivity contribution is 0.215. The lowest BCUT2D eigenvalue weighted by atomic mass is 10.0. The molecule has 1 N–H and O–H groups in total. The van der Waals surface area contributed by atoms with E-state index in [0.717, 1.165) is 24.4 Å². The van der Waals surface area contributed by atoms with Crippen LogP contribution in [0.25, 0.3) is 0 Å². The molecule has 2 unspecified atom stereocenters. The number of nitrogens with zero attached hydrogens (tertiary/aromatic N) is 1. The third-order valence-corrected chi connectivity index (χ3v) is 4.75. The smallest absolute Gasteiger partial charge is 0.142 e. The number of rotatable bonds is 3. The minimum atomic E-state index is 0.263. The zero-order chi connectivity index (χ0) is 14.7. The molecular formula is C18H28N2O. The number of nitrogens with one attached hydrogen (secondary N) is 1. The van der Waals surface area contributed by atoms with Gasteiger partial charge in [-0.3, -0.25) is 0 Å². The van der Waals surface area contributed by atoms with Gasteiger partial charge in [0.05, 0.1) is 12.2 Å². The molecule has 0 radical (unpaired) electrons. The van der Waals surface area contributed by atoms with Crippen molar-refractivity contribution in [1.29, 1.82) is 0 Å². The average Bonchev–Trinajstić information content (AvgIpc) is 2.76. The summed E-state index contributed by atoms with van der Waals surface area (Å²) >= 11 is 0. The van der Waals surface area contributed by atoms with Crippen LogP contribution in [0.3, 0.4) is 0 Å². The molecule has 0 bridgehead atoms. The topological polar surface area (TPSA) is 24.5 Å². The van der Waals surface area contributed by atoms with Gasteiger partial charge in [-0.05, 0) is 63.9 Å². The van der Waals surface area contributed by atoms with E-state index in [1.54, 1.807) is 0 Å². The molecule has 3 rings (SSSR count). The van der Waals surface area contributed by atoms with Crippen molar-refractivity contribution in [2.24, 2.45) is 0 Å². The minimum Gasteiger partial charge on any atom is -0.487 e. The van der Waals surface area contributed by atoms with Crippen LogP contribution < -0.4 is 10.1 Å². The Morgan fingerprint density at radius 2 is 2.00 bits per heavy atom. The number of hydrogen-bond donors (Lipinski definition) is 1. The average molecular weight is 288 g/mol. The summed E-state index contributed by atoms with van der Waals surface area (Å²) in [5.74, 6) is 1.000. The van der Waals surface area contributed by atoms with Crippen LogP contribution in [0.1, 0.15) is 45.1 Å². The van der Waals surface area contributed by atoms with Crippen LogP contribution in [0, 0.1) is 0 Å². The van der Waals surface area contributed by atoms with E-state index in [9.17, 15) is 0 Å². The number of hydrogen-bond acceptors (Lipinski definition) is 3. The Kier molecular flexibility index (Phi) is 4.69. The predicted molar refractivity (Wildman–Crippen MR) is 88.2 cm³/mol. The summed E-state index contributed by atoms with van der Waals surface area (Å²) in [6.45, 7) is 7.91. The molecule has 0 amide bonds. The van der Waals surface area contributed by atoms with Crippen molar-refractivity contribution in [3.05, 3.63) is 23.8 Å². The van der Waals surface area contributed by atoms with E-state index in [0.29, 0.717) is 6.04 Å². The highest BCUT2D eigenvalue weighted by Crippen LogP contribution is 2.30. The summed E-state index contributed by atoms with van der Waals surface area (Å²) in [4.78, 5) is 2.67. The highest BCUT2D eigenvalue weighted by atomic mass is 16.5. The van der Waals surface area contributed by atoms with Crippen LogP contribution in [0.2, 0.25) is 0 Å². The maximum atomic E-state index is 5.85. The molecule has 0 aliphatic carbocycles. The maximum absolute atomic E-state index is 5.85. The number of ether oxygens (including phenoxy) is 1. The summed E-state index contributed by atoms with van der Waals surface area (Å²) < 4.78 is 5.85. The van der Waals surface area contributed by atoms with E-state index in [-0.39, 0.29) is 6.10 Å². The molecule has 2 atom stereocenters. The van der Waals surface area contributed by atoms with Crippen molar-refractivity contribution in [1.82, 2.24) is 4.90 Å². The summed E-state index contributed by atoms with van der Waals surface area (Å²) in [5, 5.41) is 3.48. The van der Waals surface area contributed by atoms with Crippen molar-refractivity contribution >= 4 is 5.69 Å². The first kappa shape index (κ1) is 14.7. The lowest BCUT2D eigenvalue weighted by Crippen LogP contribution is -2.35. The molecule has 0 saturated carbocycles. The fourth-order valence-corrected chi connectivity index (χ4v) is 3.46. The third-order valence-electron chi connectivity index (χ3n) is 4.75. The Bertz CT molecular complexity index is 466. The zero-order valence-corrected chi connectivity index (χ0v) is 13.4. The molecule has 3 heteroatoms. The fourth-order valence-electron chi connectivity index (χ4n) is 3.46. The van der Waals surface area contributed by atoms with Crippen molar-refractivity contribution in [2.75, 3.05) is 25.0 Å². The van der Waals surface area contributed by atoms with Gasteiger partial charge in [-0.1, -0.05) is 18.9 Å². The minimum absolute atomic E-state index is 0.263. The van der Waals surface area contributed by atoms with Crippen LogP contribution in [0.5, 0.6) is 5.75 Å². The van der Waals surface area contributed by atoms with Gasteiger partial charge in [0.15, 0.2) is 0 Å².